The van der Waals surface area contributed by atoms with Crippen LogP contribution in [0.4, 0.5) is 5.69 Å². The van der Waals surface area contributed by atoms with Crippen molar-refractivity contribution in [2.24, 2.45) is 0 Å². The van der Waals surface area contributed by atoms with Crippen LogP contribution in [-0.4, -0.2) is 43.9 Å². The first-order valence-corrected chi connectivity index (χ1v) is 6.83. The fourth-order valence-corrected chi connectivity index (χ4v) is 1.70. The van der Waals surface area contributed by atoms with Crippen molar-refractivity contribution in [3.63, 3.8) is 0 Å². The van der Waals surface area contributed by atoms with Gasteiger partial charge >= 0.3 is 5.97 Å². The summed E-state index contributed by atoms with van der Waals surface area (Å²) in [6.45, 7) is 3.69. The number of benzene rings is 1. The molecular formula is C15H21NO6. The van der Waals surface area contributed by atoms with E-state index < -0.39 is 11.9 Å². The molecule has 1 aromatic carbocycles. The normalized spacial score (nSPS) is 11.6. The first-order valence-electron chi connectivity index (χ1n) is 6.83. The van der Waals surface area contributed by atoms with Crippen LogP contribution >= 0.6 is 0 Å². The zero-order valence-electron chi connectivity index (χ0n) is 13.1. The Balaban J connectivity index is 2.98. The molecule has 0 aromatic heterocycles. The maximum absolute atomic E-state index is 11.9. The molecule has 0 heterocycles. The van der Waals surface area contributed by atoms with E-state index in [-0.39, 0.29) is 35.5 Å². The van der Waals surface area contributed by atoms with Crippen molar-refractivity contribution in [2.45, 2.75) is 26.4 Å². The molecule has 22 heavy (non-hydrogen) atoms. The van der Waals surface area contributed by atoms with Crippen LogP contribution in [0.1, 0.15) is 30.6 Å². The van der Waals surface area contributed by atoms with E-state index in [0.29, 0.717) is 0 Å². The highest BCUT2D eigenvalue weighted by molar-refractivity contribution is 5.97. The summed E-state index contributed by atoms with van der Waals surface area (Å²) in [5.41, 5.74) is 0.202. The van der Waals surface area contributed by atoms with Gasteiger partial charge in [0.15, 0.2) is 11.5 Å². The van der Waals surface area contributed by atoms with Gasteiger partial charge in [0.1, 0.15) is 6.61 Å². The van der Waals surface area contributed by atoms with Crippen molar-refractivity contribution in [3.05, 3.63) is 17.7 Å². The van der Waals surface area contributed by atoms with Gasteiger partial charge in [-0.3, -0.25) is 4.79 Å². The highest BCUT2D eigenvalue weighted by Gasteiger charge is 2.17. The monoisotopic (exact) mass is 311 g/mol. The summed E-state index contributed by atoms with van der Waals surface area (Å²) in [6.07, 6.45) is 0.756. The van der Waals surface area contributed by atoms with Crippen LogP contribution in [0.2, 0.25) is 0 Å². The quantitative estimate of drug-likeness (QED) is 0.764. The van der Waals surface area contributed by atoms with Gasteiger partial charge in [0, 0.05) is 0 Å². The molecule has 0 saturated carbocycles. The molecular weight excluding hydrogens is 290 g/mol. The van der Waals surface area contributed by atoms with Gasteiger partial charge in [0.25, 0.3) is 0 Å². The number of rotatable bonds is 8. The molecule has 0 bridgehead atoms. The number of anilines is 1. The van der Waals surface area contributed by atoms with Crippen LogP contribution in [0, 0.1) is 0 Å². The van der Waals surface area contributed by atoms with Gasteiger partial charge < -0.3 is 24.6 Å². The van der Waals surface area contributed by atoms with E-state index in [4.69, 9.17) is 19.3 Å². The van der Waals surface area contributed by atoms with Gasteiger partial charge in [-0.05, 0) is 25.5 Å². The maximum atomic E-state index is 11.9. The predicted molar refractivity (Wildman–Crippen MR) is 80.8 cm³/mol. The Hall–Kier alpha value is -2.28. The number of carbonyl (C=O) groups is 2. The number of amides is 1. The number of aromatic carboxylic acids is 1. The molecule has 1 rings (SSSR count). The summed E-state index contributed by atoms with van der Waals surface area (Å²) in [6, 6.07) is 2.64. The second kappa shape index (κ2) is 8.23. The number of carbonyl (C=O) groups excluding carboxylic acids is 1. The van der Waals surface area contributed by atoms with Gasteiger partial charge in [-0.1, -0.05) is 6.92 Å². The van der Waals surface area contributed by atoms with E-state index in [1.165, 1.54) is 26.4 Å². The first kappa shape index (κ1) is 17.8. The second-order valence-corrected chi connectivity index (χ2v) is 4.64. The molecule has 0 aliphatic rings. The number of hydrogen-bond acceptors (Lipinski definition) is 5. The van der Waals surface area contributed by atoms with E-state index in [1.54, 1.807) is 0 Å². The Bertz CT molecular complexity index is 543. The number of carboxylic acids is 1. The molecule has 0 spiro atoms. The van der Waals surface area contributed by atoms with Gasteiger partial charge in [-0.15, -0.1) is 0 Å². The zero-order chi connectivity index (χ0) is 16.7. The second-order valence-electron chi connectivity index (χ2n) is 4.64. The molecule has 0 saturated heterocycles. The summed E-state index contributed by atoms with van der Waals surface area (Å²) < 4.78 is 15.6. The van der Waals surface area contributed by atoms with Crippen molar-refractivity contribution in [3.8, 4) is 11.5 Å². The Kier molecular flexibility index (Phi) is 6.65. The molecule has 0 fully saturated rings. The molecule has 7 heteroatoms. The molecule has 7 nitrogen and oxygen atoms in total. The number of methoxy groups -OCH3 is 2. The lowest BCUT2D eigenvalue weighted by molar-refractivity contribution is -0.122. The van der Waals surface area contributed by atoms with E-state index >= 15 is 0 Å². The Morgan fingerprint density at radius 3 is 2.45 bits per heavy atom. The standard InChI is InChI=1S/C15H21NO6/c1-5-9(2)22-8-13(17)16-11-6-10(15(18)19)7-12(20-3)14(11)21-4/h6-7,9H,5,8H2,1-4H3,(H,16,17)(H,18,19). The van der Waals surface area contributed by atoms with Crippen LogP contribution in [0.5, 0.6) is 11.5 Å². The van der Waals surface area contributed by atoms with Crippen molar-refractivity contribution in [1.29, 1.82) is 0 Å². The summed E-state index contributed by atoms with van der Waals surface area (Å²) in [5, 5.41) is 11.7. The average Bonchev–Trinajstić information content (AvgIpc) is 2.51. The summed E-state index contributed by atoms with van der Waals surface area (Å²) in [4.78, 5) is 23.0. The minimum Gasteiger partial charge on any atom is -0.493 e. The lowest BCUT2D eigenvalue weighted by atomic mass is 10.1. The van der Waals surface area contributed by atoms with E-state index in [9.17, 15) is 9.59 Å². The molecule has 1 aromatic rings. The molecule has 1 atom stereocenters. The third-order valence-corrected chi connectivity index (χ3v) is 3.07. The first-order chi connectivity index (χ1) is 10.4. The molecule has 1 unspecified atom stereocenters. The third kappa shape index (κ3) is 4.63. The minimum atomic E-state index is -1.13. The van der Waals surface area contributed by atoms with Crippen molar-refractivity contribution in [1.82, 2.24) is 0 Å². The maximum Gasteiger partial charge on any atom is 0.335 e. The molecule has 0 aliphatic carbocycles. The van der Waals surface area contributed by atoms with Crippen LogP contribution in [0.15, 0.2) is 12.1 Å². The Morgan fingerprint density at radius 2 is 1.95 bits per heavy atom. The third-order valence-electron chi connectivity index (χ3n) is 3.07. The van der Waals surface area contributed by atoms with Crippen molar-refractivity contribution in [2.75, 3.05) is 26.1 Å². The van der Waals surface area contributed by atoms with Crippen molar-refractivity contribution >= 4 is 17.6 Å². The summed E-state index contributed by atoms with van der Waals surface area (Å²) in [5.74, 6) is -1.06. The fraction of sp³-hybridized carbons (Fsp3) is 0.467. The Labute approximate surface area is 129 Å². The van der Waals surface area contributed by atoms with Gasteiger partial charge in [-0.25, -0.2) is 4.79 Å². The molecule has 0 radical (unpaired) electrons. The van der Waals surface area contributed by atoms with E-state index in [0.717, 1.165) is 6.42 Å². The van der Waals surface area contributed by atoms with Crippen LogP contribution in [0.3, 0.4) is 0 Å². The van der Waals surface area contributed by atoms with Crippen LogP contribution in [-0.2, 0) is 9.53 Å². The number of carboxylic acid groups (broad SMARTS) is 1. The average molecular weight is 311 g/mol. The van der Waals surface area contributed by atoms with Gasteiger partial charge in [0.2, 0.25) is 5.91 Å². The van der Waals surface area contributed by atoms with Crippen LogP contribution < -0.4 is 14.8 Å². The van der Waals surface area contributed by atoms with Crippen LogP contribution in [0.25, 0.3) is 0 Å². The lowest BCUT2D eigenvalue weighted by Crippen LogP contribution is -2.22. The summed E-state index contributed by atoms with van der Waals surface area (Å²) >= 11 is 0. The summed E-state index contributed by atoms with van der Waals surface area (Å²) in [7, 11) is 2.80. The largest absolute Gasteiger partial charge is 0.493 e. The number of hydrogen-bond donors (Lipinski definition) is 2. The molecule has 2 N–H and O–H groups in total. The van der Waals surface area contributed by atoms with E-state index in [1.807, 2.05) is 13.8 Å². The van der Waals surface area contributed by atoms with Crippen molar-refractivity contribution < 1.29 is 28.9 Å². The molecule has 1 amide bonds. The predicted octanol–water partition coefficient (Wildman–Crippen LogP) is 2.16. The lowest BCUT2D eigenvalue weighted by Gasteiger charge is -2.15. The minimum absolute atomic E-state index is 0.0178. The zero-order valence-corrected chi connectivity index (χ0v) is 13.1. The van der Waals surface area contributed by atoms with Gasteiger partial charge in [-0.2, -0.15) is 0 Å². The highest BCUT2D eigenvalue weighted by atomic mass is 16.5. The smallest absolute Gasteiger partial charge is 0.335 e. The topological polar surface area (TPSA) is 94.1 Å². The van der Waals surface area contributed by atoms with E-state index in [2.05, 4.69) is 5.32 Å². The number of nitrogens with one attached hydrogen (secondary N) is 1. The SMILES string of the molecule is CCC(C)OCC(=O)Nc1cc(C(=O)O)cc(OC)c1OC. The Morgan fingerprint density at radius 1 is 1.27 bits per heavy atom. The molecule has 0 aliphatic heterocycles. The molecule has 122 valence electrons. The fourth-order valence-electron chi connectivity index (χ4n) is 1.70. The van der Waals surface area contributed by atoms with Gasteiger partial charge in [0.05, 0.1) is 31.6 Å². The number of ether oxygens (including phenoxy) is 3. The highest BCUT2D eigenvalue weighted by Crippen LogP contribution is 2.36.